The quantitative estimate of drug-likeness (QED) is 0.322. The Kier molecular flexibility index (Phi) is 9.52. The van der Waals surface area contributed by atoms with Gasteiger partial charge in [-0.3, -0.25) is 19.2 Å². The minimum atomic E-state index is -0.726. The molecule has 0 unspecified atom stereocenters. The molecule has 0 spiro atoms. The van der Waals surface area contributed by atoms with Gasteiger partial charge in [0, 0.05) is 36.5 Å². The second kappa shape index (κ2) is 13.7. The summed E-state index contributed by atoms with van der Waals surface area (Å²) < 4.78 is 1.76. The molecule has 3 N–H and O–H groups in total. The zero-order chi connectivity index (χ0) is 31.2. The van der Waals surface area contributed by atoms with Gasteiger partial charge in [0.25, 0.3) is 11.5 Å². The number of hydrogen-bond donors (Lipinski definition) is 3. The Bertz CT molecular complexity index is 1700. The standard InChI is InChI=1S/C33H39N7O4/c1-4-21(2)29-32(43)36-27(19-23-11-6-5-7-12-23)30-35-22(3)38-40(30)18-17-39(16-10-15-28(41)37-29)33(44)26-20-34-31(42)25-14-9-8-13-24(25)26/h5-9,11-14,20-21,27,29H,4,10,15-19H2,1-3H3,(H,34,42)(H,36,43)(H,37,41)/t21-,27-,29-/m0/s1. The van der Waals surface area contributed by atoms with Crippen LogP contribution in [0.3, 0.4) is 0 Å². The third kappa shape index (κ3) is 6.88. The highest BCUT2D eigenvalue weighted by Gasteiger charge is 2.31. The topological polar surface area (TPSA) is 142 Å². The number of nitrogens with zero attached hydrogens (tertiary/aromatic N) is 4. The van der Waals surface area contributed by atoms with Gasteiger partial charge >= 0.3 is 0 Å². The SMILES string of the molecule is CC[C@H](C)[C@@H]1NC(=O)CCCN(C(=O)c2c[nH]c(=O)c3ccccc23)CCn2nc(C)nc2[C@H](Cc2ccccc2)NC1=O. The van der Waals surface area contributed by atoms with Crippen LogP contribution in [0.2, 0.25) is 0 Å². The Hall–Kier alpha value is -4.80. The Morgan fingerprint density at radius 3 is 2.45 bits per heavy atom. The first-order valence-electron chi connectivity index (χ1n) is 15.2. The number of carbonyl (C=O) groups is 3. The number of fused-ring (bicyclic) bond motifs is 2. The van der Waals surface area contributed by atoms with Crippen molar-refractivity contribution < 1.29 is 14.4 Å². The van der Waals surface area contributed by atoms with Crippen LogP contribution in [0.25, 0.3) is 10.8 Å². The smallest absolute Gasteiger partial charge is 0.256 e. The van der Waals surface area contributed by atoms with Crippen LogP contribution in [0.1, 0.15) is 66.7 Å². The first-order valence-corrected chi connectivity index (χ1v) is 15.2. The summed E-state index contributed by atoms with van der Waals surface area (Å²) in [4.78, 5) is 62.3. The number of aromatic amines is 1. The maximum Gasteiger partial charge on any atom is 0.256 e. The second-order valence-corrected chi connectivity index (χ2v) is 11.4. The van der Waals surface area contributed by atoms with Gasteiger partial charge in [-0.1, -0.05) is 68.8 Å². The average Bonchev–Trinajstić information content (AvgIpc) is 3.41. The molecule has 1 aliphatic rings. The molecule has 0 fully saturated rings. The number of H-pyrrole nitrogens is 1. The Labute approximate surface area is 256 Å². The van der Waals surface area contributed by atoms with Gasteiger partial charge in [0.05, 0.1) is 18.2 Å². The number of benzene rings is 2. The normalized spacial score (nSPS) is 19.0. The Balaban J connectivity index is 1.52. The number of nitrogens with one attached hydrogen (secondary N) is 3. The summed E-state index contributed by atoms with van der Waals surface area (Å²) in [5, 5.41) is 11.8. The maximum atomic E-state index is 14.0. The summed E-state index contributed by atoms with van der Waals surface area (Å²) in [6.07, 6.45) is 3.17. The zero-order valence-electron chi connectivity index (χ0n) is 25.4. The average molecular weight is 598 g/mol. The van der Waals surface area contributed by atoms with Crippen LogP contribution < -0.4 is 16.2 Å². The van der Waals surface area contributed by atoms with Crippen LogP contribution in [0.5, 0.6) is 0 Å². The molecule has 11 heteroatoms. The lowest BCUT2D eigenvalue weighted by Crippen LogP contribution is -2.51. The lowest BCUT2D eigenvalue weighted by molar-refractivity contribution is -0.130. The number of carbonyl (C=O) groups excluding carboxylic acids is 3. The molecule has 3 atom stereocenters. The summed E-state index contributed by atoms with van der Waals surface area (Å²) in [5.41, 5.74) is 1.13. The van der Waals surface area contributed by atoms with Crippen LogP contribution >= 0.6 is 0 Å². The highest BCUT2D eigenvalue weighted by Crippen LogP contribution is 2.21. The third-order valence-electron chi connectivity index (χ3n) is 8.27. The molecule has 230 valence electrons. The summed E-state index contributed by atoms with van der Waals surface area (Å²) in [7, 11) is 0. The first-order chi connectivity index (χ1) is 21.2. The fourth-order valence-corrected chi connectivity index (χ4v) is 5.68. The molecule has 3 heterocycles. The molecule has 1 aliphatic heterocycles. The van der Waals surface area contributed by atoms with E-state index >= 15 is 0 Å². The monoisotopic (exact) mass is 597 g/mol. The van der Waals surface area contributed by atoms with Gasteiger partial charge in [-0.25, -0.2) is 9.67 Å². The molecule has 0 bridgehead atoms. The molecule has 2 aromatic heterocycles. The minimum absolute atomic E-state index is 0.101. The molecular weight excluding hydrogens is 558 g/mol. The summed E-state index contributed by atoms with van der Waals surface area (Å²) >= 11 is 0. The predicted molar refractivity (Wildman–Crippen MR) is 167 cm³/mol. The maximum absolute atomic E-state index is 14.0. The summed E-state index contributed by atoms with van der Waals surface area (Å²) in [5.74, 6) is 0.258. The third-order valence-corrected chi connectivity index (χ3v) is 8.27. The molecule has 11 nitrogen and oxygen atoms in total. The van der Waals surface area contributed by atoms with E-state index in [0.29, 0.717) is 60.3 Å². The van der Waals surface area contributed by atoms with Crippen LogP contribution in [0, 0.1) is 12.8 Å². The number of rotatable bonds is 5. The van der Waals surface area contributed by atoms with Gasteiger partial charge in [0.2, 0.25) is 11.8 Å². The van der Waals surface area contributed by atoms with Crippen molar-refractivity contribution in [1.82, 2.24) is 35.3 Å². The van der Waals surface area contributed by atoms with Crippen molar-refractivity contribution in [2.24, 2.45) is 5.92 Å². The lowest BCUT2D eigenvalue weighted by Gasteiger charge is -2.28. The molecular formula is C33H39N7O4. The lowest BCUT2D eigenvalue weighted by atomic mass is 9.97. The van der Waals surface area contributed by atoms with E-state index < -0.39 is 12.1 Å². The Morgan fingerprint density at radius 1 is 0.977 bits per heavy atom. The van der Waals surface area contributed by atoms with Crippen molar-refractivity contribution >= 4 is 28.5 Å². The van der Waals surface area contributed by atoms with E-state index in [1.165, 1.54) is 6.20 Å². The second-order valence-electron chi connectivity index (χ2n) is 11.4. The van der Waals surface area contributed by atoms with Crippen LogP contribution in [-0.4, -0.2) is 61.5 Å². The minimum Gasteiger partial charge on any atom is -0.344 e. The van der Waals surface area contributed by atoms with Crippen LogP contribution in [0.4, 0.5) is 0 Å². The van der Waals surface area contributed by atoms with Crippen LogP contribution in [-0.2, 0) is 22.6 Å². The molecule has 0 saturated heterocycles. The Morgan fingerprint density at radius 2 is 1.70 bits per heavy atom. The van der Waals surface area contributed by atoms with Gasteiger partial charge in [-0.05, 0) is 37.3 Å². The molecule has 5 rings (SSSR count). The molecule has 4 aromatic rings. The van der Waals surface area contributed by atoms with Gasteiger partial charge in [-0.2, -0.15) is 5.10 Å². The van der Waals surface area contributed by atoms with Gasteiger partial charge in [0.1, 0.15) is 17.7 Å². The van der Waals surface area contributed by atoms with E-state index in [0.717, 1.165) is 5.56 Å². The zero-order valence-corrected chi connectivity index (χ0v) is 25.4. The molecule has 0 saturated carbocycles. The van der Waals surface area contributed by atoms with Crippen LogP contribution in [0.15, 0.2) is 65.6 Å². The number of aryl methyl sites for hydroxylation is 1. The number of pyridine rings is 1. The van der Waals surface area contributed by atoms with E-state index in [2.05, 4.69) is 20.7 Å². The van der Waals surface area contributed by atoms with E-state index in [1.54, 1.807) is 40.8 Å². The molecule has 3 amide bonds. The molecule has 44 heavy (non-hydrogen) atoms. The highest BCUT2D eigenvalue weighted by molar-refractivity contribution is 6.06. The van der Waals surface area contributed by atoms with Crippen molar-refractivity contribution in [3.05, 3.63) is 93.9 Å². The first kappa shape index (κ1) is 30.7. The molecule has 0 aliphatic carbocycles. The highest BCUT2D eigenvalue weighted by atomic mass is 16.2. The summed E-state index contributed by atoms with van der Waals surface area (Å²) in [6.45, 7) is 6.64. The van der Waals surface area contributed by atoms with E-state index in [1.807, 2.05) is 44.2 Å². The van der Waals surface area contributed by atoms with E-state index in [4.69, 9.17) is 4.98 Å². The van der Waals surface area contributed by atoms with Crippen molar-refractivity contribution in [3.8, 4) is 0 Å². The van der Waals surface area contributed by atoms with Gasteiger partial charge in [0.15, 0.2) is 0 Å². The van der Waals surface area contributed by atoms with E-state index in [-0.39, 0.29) is 42.2 Å². The van der Waals surface area contributed by atoms with Crippen molar-refractivity contribution in [3.63, 3.8) is 0 Å². The molecule has 0 radical (unpaired) electrons. The predicted octanol–water partition coefficient (Wildman–Crippen LogP) is 3.30. The largest absolute Gasteiger partial charge is 0.344 e. The van der Waals surface area contributed by atoms with Crippen molar-refractivity contribution in [2.45, 2.75) is 65.1 Å². The fourth-order valence-electron chi connectivity index (χ4n) is 5.68. The fraction of sp³-hybridized carbons (Fsp3) is 0.394. The molecule has 2 aromatic carbocycles. The van der Waals surface area contributed by atoms with Crippen molar-refractivity contribution in [2.75, 3.05) is 13.1 Å². The van der Waals surface area contributed by atoms with Gasteiger partial charge in [-0.15, -0.1) is 0 Å². The summed E-state index contributed by atoms with van der Waals surface area (Å²) in [6, 6.07) is 15.6. The van der Waals surface area contributed by atoms with Crippen molar-refractivity contribution in [1.29, 1.82) is 0 Å². The number of amides is 3. The van der Waals surface area contributed by atoms with Gasteiger partial charge < -0.3 is 20.5 Å². The van der Waals surface area contributed by atoms with E-state index in [9.17, 15) is 19.2 Å². The number of aromatic nitrogens is 4. The number of hydrogen-bond acceptors (Lipinski definition) is 6.